The van der Waals surface area contributed by atoms with Crippen LogP contribution < -0.4 is 5.32 Å². The molecule has 2 aliphatic rings. The molecule has 0 spiro atoms. The minimum atomic E-state index is -0.918. The molecule has 1 heterocycles. The maximum absolute atomic E-state index is 12.8. The first-order chi connectivity index (χ1) is 9.07. The highest BCUT2D eigenvalue weighted by Crippen LogP contribution is 2.32. The van der Waals surface area contributed by atoms with Crippen molar-refractivity contribution < 1.29 is 14.7 Å². The number of carboxylic acid groups (broad SMARTS) is 1. The van der Waals surface area contributed by atoms with Crippen molar-refractivity contribution in [3.05, 3.63) is 0 Å². The van der Waals surface area contributed by atoms with Crippen LogP contribution in [0.2, 0.25) is 0 Å². The van der Waals surface area contributed by atoms with Crippen molar-refractivity contribution in [1.82, 2.24) is 10.2 Å². The first kappa shape index (κ1) is 14.3. The van der Waals surface area contributed by atoms with Crippen LogP contribution in [0.4, 0.5) is 0 Å². The summed E-state index contributed by atoms with van der Waals surface area (Å²) in [7, 11) is 0. The van der Waals surface area contributed by atoms with Crippen LogP contribution in [0.5, 0.6) is 0 Å². The second-order valence-corrected chi connectivity index (χ2v) is 5.89. The maximum atomic E-state index is 12.8. The summed E-state index contributed by atoms with van der Waals surface area (Å²) < 4.78 is 0. The molecule has 1 atom stereocenters. The number of nitrogens with one attached hydrogen (secondary N) is 1. The Kier molecular flexibility index (Phi) is 4.45. The number of carbonyl (C=O) groups is 2. The van der Waals surface area contributed by atoms with Crippen LogP contribution in [0.15, 0.2) is 0 Å². The second kappa shape index (κ2) is 5.90. The first-order valence-corrected chi connectivity index (χ1v) is 7.33. The van der Waals surface area contributed by atoms with Crippen molar-refractivity contribution in [1.29, 1.82) is 0 Å². The summed E-state index contributed by atoms with van der Waals surface area (Å²) in [4.78, 5) is 25.3. The monoisotopic (exact) mass is 268 g/mol. The molecule has 1 aliphatic carbocycles. The average Bonchev–Trinajstić information content (AvgIpc) is 3.04. The van der Waals surface area contributed by atoms with Crippen LogP contribution in [0.3, 0.4) is 0 Å². The van der Waals surface area contributed by atoms with Crippen LogP contribution in [0, 0.1) is 5.92 Å². The summed E-state index contributed by atoms with van der Waals surface area (Å²) in [6, 6.07) is 0. The lowest BCUT2D eigenvalue weighted by Crippen LogP contribution is -2.56. The molecule has 0 aromatic heterocycles. The highest BCUT2D eigenvalue weighted by atomic mass is 16.4. The Bertz CT molecular complexity index is 347. The van der Waals surface area contributed by atoms with Gasteiger partial charge in [-0.15, -0.1) is 0 Å². The first-order valence-electron chi connectivity index (χ1n) is 7.33. The third-order valence-electron chi connectivity index (χ3n) is 4.12. The molecule has 2 rings (SSSR count). The molecule has 19 heavy (non-hydrogen) atoms. The van der Waals surface area contributed by atoms with Crippen molar-refractivity contribution in [2.24, 2.45) is 5.92 Å². The third kappa shape index (κ3) is 3.47. The fourth-order valence-electron chi connectivity index (χ4n) is 3.03. The standard InChI is InChI=1S/C14H24N2O3/c1-2-6-14(7-3-8-15-14)13(19)16(10-12(17)18)9-11-4-5-11/h11,15H,2-10H2,1H3,(H,17,18). The molecule has 5 nitrogen and oxygen atoms in total. The molecule has 0 aromatic rings. The molecule has 2 fully saturated rings. The van der Waals surface area contributed by atoms with Gasteiger partial charge in [0, 0.05) is 6.54 Å². The smallest absolute Gasteiger partial charge is 0.323 e. The van der Waals surface area contributed by atoms with E-state index < -0.39 is 11.5 Å². The zero-order chi connectivity index (χ0) is 13.9. The van der Waals surface area contributed by atoms with Crippen molar-refractivity contribution in [3.63, 3.8) is 0 Å². The average molecular weight is 268 g/mol. The summed E-state index contributed by atoms with van der Waals surface area (Å²) in [6.07, 6.45) is 5.81. The van der Waals surface area contributed by atoms with Gasteiger partial charge in [0.2, 0.25) is 5.91 Å². The highest BCUT2D eigenvalue weighted by molar-refractivity contribution is 5.89. The number of hydrogen-bond donors (Lipinski definition) is 2. The number of aliphatic carboxylic acids is 1. The summed E-state index contributed by atoms with van der Waals surface area (Å²) in [5.41, 5.74) is -0.501. The normalized spacial score (nSPS) is 26.4. The van der Waals surface area contributed by atoms with Gasteiger partial charge in [0.15, 0.2) is 0 Å². The molecule has 1 unspecified atom stereocenters. The molecule has 1 amide bonds. The summed E-state index contributed by atoms with van der Waals surface area (Å²) in [6.45, 7) is 3.37. The molecule has 1 aliphatic heterocycles. The molecular weight excluding hydrogens is 244 g/mol. The predicted molar refractivity (Wildman–Crippen MR) is 71.8 cm³/mol. The number of carbonyl (C=O) groups excluding carboxylic acids is 1. The van der Waals surface area contributed by atoms with Gasteiger partial charge in [0.25, 0.3) is 0 Å². The molecule has 2 N–H and O–H groups in total. The van der Waals surface area contributed by atoms with Gasteiger partial charge < -0.3 is 15.3 Å². The van der Waals surface area contributed by atoms with E-state index in [4.69, 9.17) is 5.11 Å². The van der Waals surface area contributed by atoms with E-state index in [0.29, 0.717) is 12.5 Å². The lowest BCUT2D eigenvalue weighted by atomic mass is 9.90. The van der Waals surface area contributed by atoms with Gasteiger partial charge in [-0.25, -0.2) is 0 Å². The molecular formula is C14H24N2O3. The van der Waals surface area contributed by atoms with E-state index >= 15 is 0 Å². The van der Waals surface area contributed by atoms with E-state index in [9.17, 15) is 9.59 Å². The van der Waals surface area contributed by atoms with Crippen molar-refractivity contribution in [2.45, 2.75) is 51.0 Å². The SMILES string of the molecule is CCCC1(C(=O)N(CC(=O)O)CC2CC2)CCCN1. The second-order valence-electron chi connectivity index (χ2n) is 5.89. The lowest BCUT2D eigenvalue weighted by Gasteiger charge is -2.34. The van der Waals surface area contributed by atoms with Gasteiger partial charge in [-0.2, -0.15) is 0 Å². The number of carboxylic acids is 1. The molecule has 108 valence electrons. The maximum Gasteiger partial charge on any atom is 0.323 e. The van der Waals surface area contributed by atoms with Gasteiger partial charge in [0.1, 0.15) is 6.54 Å². The molecule has 0 aromatic carbocycles. The Morgan fingerprint density at radius 2 is 2.16 bits per heavy atom. The van der Waals surface area contributed by atoms with E-state index in [1.165, 1.54) is 0 Å². The van der Waals surface area contributed by atoms with E-state index in [-0.39, 0.29) is 12.5 Å². The van der Waals surface area contributed by atoms with Gasteiger partial charge in [-0.3, -0.25) is 9.59 Å². The lowest BCUT2D eigenvalue weighted by molar-refractivity contribution is -0.147. The molecule has 1 saturated carbocycles. The Morgan fingerprint density at radius 3 is 2.63 bits per heavy atom. The van der Waals surface area contributed by atoms with E-state index in [0.717, 1.165) is 45.1 Å². The Hall–Kier alpha value is -1.10. The largest absolute Gasteiger partial charge is 0.480 e. The van der Waals surface area contributed by atoms with Crippen molar-refractivity contribution in [2.75, 3.05) is 19.6 Å². The van der Waals surface area contributed by atoms with Crippen LogP contribution in [0.25, 0.3) is 0 Å². The van der Waals surface area contributed by atoms with Crippen molar-refractivity contribution in [3.8, 4) is 0 Å². The van der Waals surface area contributed by atoms with Crippen LogP contribution >= 0.6 is 0 Å². The molecule has 0 bridgehead atoms. The topological polar surface area (TPSA) is 69.6 Å². The van der Waals surface area contributed by atoms with Gasteiger partial charge >= 0.3 is 5.97 Å². The highest BCUT2D eigenvalue weighted by Gasteiger charge is 2.43. The fourth-order valence-corrected chi connectivity index (χ4v) is 3.03. The van der Waals surface area contributed by atoms with Crippen LogP contribution in [0.1, 0.15) is 45.4 Å². The molecule has 5 heteroatoms. The fraction of sp³-hybridized carbons (Fsp3) is 0.857. The van der Waals surface area contributed by atoms with E-state index in [2.05, 4.69) is 12.2 Å². The Labute approximate surface area is 114 Å². The summed E-state index contributed by atoms with van der Waals surface area (Å²) in [5.74, 6) is -0.400. The number of nitrogens with zero attached hydrogens (tertiary/aromatic N) is 1. The van der Waals surface area contributed by atoms with Gasteiger partial charge in [-0.1, -0.05) is 13.3 Å². The minimum absolute atomic E-state index is 0.00106. The molecule has 0 radical (unpaired) electrons. The molecule has 1 saturated heterocycles. The van der Waals surface area contributed by atoms with Crippen molar-refractivity contribution >= 4 is 11.9 Å². The van der Waals surface area contributed by atoms with Gasteiger partial charge in [0.05, 0.1) is 5.54 Å². The number of hydrogen-bond acceptors (Lipinski definition) is 3. The predicted octanol–water partition coefficient (Wildman–Crippen LogP) is 1.23. The van der Waals surface area contributed by atoms with E-state index in [1.807, 2.05) is 0 Å². The van der Waals surface area contributed by atoms with Crippen LogP contribution in [-0.4, -0.2) is 47.1 Å². The Morgan fingerprint density at radius 1 is 1.42 bits per heavy atom. The zero-order valence-electron chi connectivity index (χ0n) is 11.7. The van der Waals surface area contributed by atoms with E-state index in [1.54, 1.807) is 4.90 Å². The summed E-state index contributed by atoms with van der Waals surface area (Å²) in [5, 5.41) is 12.3. The quantitative estimate of drug-likeness (QED) is 0.728. The summed E-state index contributed by atoms with van der Waals surface area (Å²) >= 11 is 0. The number of amides is 1. The number of rotatable bonds is 7. The minimum Gasteiger partial charge on any atom is -0.480 e. The Balaban J connectivity index is 2.08. The van der Waals surface area contributed by atoms with Gasteiger partial charge in [-0.05, 0) is 44.6 Å². The zero-order valence-corrected chi connectivity index (χ0v) is 11.7. The third-order valence-corrected chi connectivity index (χ3v) is 4.12. The van der Waals surface area contributed by atoms with Crippen LogP contribution in [-0.2, 0) is 9.59 Å².